The maximum atomic E-state index is 11.4. The van der Waals surface area contributed by atoms with E-state index in [4.69, 9.17) is 0 Å². The third kappa shape index (κ3) is 7.56. The summed E-state index contributed by atoms with van der Waals surface area (Å²) in [6.07, 6.45) is 7.18. The average molecular weight is 278 g/mol. The molecule has 0 saturated heterocycles. The first kappa shape index (κ1) is 18.1. The van der Waals surface area contributed by atoms with Gasteiger partial charge in [0, 0.05) is 0 Å². The van der Waals surface area contributed by atoms with Gasteiger partial charge in [0.2, 0.25) is 0 Å². The normalized spacial score (nSPS) is 17.4. The Bertz CT molecular complexity index is 249. The van der Waals surface area contributed by atoms with Crippen LogP contribution in [0.25, 0.3) is 0 Å². The highest BCUT2D eigenvalue weighted by molar-refractivity contribution is 7.52. The highest BCUT2D eigenvalue weighted by Gasteiger charge is 2.32. The number of hydrogen-bond acceptors (Lipinski definition) is 1. The smallest absolute Gasteiger partial charge is 0.324 e. The molecule has 110 valence electrons. The minimum atomic E-state index is -3.92. The van der Waals surface area contributed by atoms with Crippen molar-refractivity contribution in [1.82, 2.24) is 0 Å². The molecule has 4 heteroatoms. The second kappa shape index (κ2) is 9.12. The predicted molar refractivity (Wildman–Crippen MR) is 77.8 cm³/mol. The van der Waals surface area contributed by atoms with Gasteiger partial charge in [-0.2, -0.15) is 0 Å². The van der Waals surface area contributed by atoms with Crippen molar-refractivity contribution in [2.75, 3.05) is 0 Å². The van der Waals surface area contributed by atoms with Gasteiger partial charge in [-0.05, 0) is 18.3 Å². The zero-order valence-corrected chi connectivity index (χ0v) is 13.3. The SMILES string of the molecule is CCC(C)CCCCCC(C(C)CC)P(=O)(O)O. The molecule has 0 saturated carbocycles. The first-order valence-electron chi connectivity index (χ1n) is 7.38. The lowest BCUT2D eigenvalue weighted by Gasteiger charge is -2.23. The largest absolute Gasteiger partial charge is 0.328 e. The molecule has 18 heavy (non-hydrogen) atoms. The van der Waals surface area contributed by atoms with Gasteiger partial charge in [0.25, 0.3) is 0 Å². The molecule has 0 aromatic heterocycles. The quantitative estimate of drug-likeness (QED) is 0.454. The van der Waals surface area contributed by atoms with Gasteiger partial charge in [-0.15, -0.1) is 0 Å². The molecular weight excluding hydrogens is 247 g/mol. The van der Waals surface area contributed by atoms with Crippen molar-refractivity contribution < 1.29 is 14.4 Å². The molecule has 0 aliphatic rings. The molecule has 0 spiro atoms. The molecule has 0 aromatic carbocycles. The van der Waals surface area contributed by atoms with Gasteiger partial charge in [0.1, 0.15) is 0 Å². The van der Waals surface area contributed by atoms with Crippen LogP contribution in [0.5, 0.6) is 0 Å². The minimum absolute atomic E-state index is 0.111. The van der Waals surface area contributed by atoms with Crippen molar-refractivity contribution in [2.45, 2.75) is 78.3 Å². The van der Waals surface area contributed by atoms with E-state index in [0.29, 0.717) is 6.42 Å². The Kier molecular flexibility index (Phi) is 9.19. The van der Waals surface area contributed by atoms with Crippen LogP contribution in [0.15, 0.2) is 0 Å². The molecule has 0 aliphatic carbocycles. The fraction of sp³-hybridized carbons (Fsp3) is 1.00. The van der Waals surface area contributed by atoms with Crippen molar-refractivity contribution in [3.8, 4) is 0 Å². The summed E-state index contributed by atoms with van der Waals surface area (Å²) >= 11 is 0. The first-order valence-corrected chi connectivity index (χ1v) is 9.06. The van der Waals surface area contributed by atoms with Gasteiger partial charge < -0.3 is 9.79 Å². The lowest BCUT2D eigenvalue weighted by atomic mass is 9.97. The maximum absolute atomic E-state index is 11.4. The Morgan fingerprint density at radius 3 is 1.94 bits per heavy atom. The molecule has 0 radical (unpaired) electrons. The van der Waals surface area contributed by atoms with Crippen LogP contribution in [0.4, 0.5) is 0 Å². The summed E-state index contributed by atoms with van der Waals surface area (Å²) in [5.74, 6) is 0.887. The van der Waals surface area contributed by atoms with E-state index in [2.05, 4.69) is 13.8 Å². The Morgan fingerprint density at radius 2 is 1.50 bits per heavy atom. The molecule has 2 N–H and O–H groups in total. The van der Waals surface area contributed by atoms with E-state index in [1.165, 1.54) is 19.3 Å². The molecule has 3 nitrogen and oxygen atoms in total. The molecule has 3 unspecified atom stereocenters. The Hall–Kier alpha value is 0.150. The summed E-state index contributed by atoms with van der Waals surface area (Å²) in [5.41, 5.74) is -0.439. The summed E-state index contributed by atoms with van der Waals surface area (Å²) < 4.78 is 11.4. The van der Waals surface area contributed by atoms with Gasteiger partial charge in [0.15, 0.2) is 0 Å². The average Bonchev–Trinajstić information content (AvgIpc) is 2.30. The molecule has 0 bridgehead atoms. The second-order valence-electron chi connectivity index (χ2n) is 5.69. The van der Waals surface area contributed by atoms with Crippen LogP contribution in [-0.2, 0) is 4.57 Å². The Labute approximate surface area is 113 Å². The zero-order valence-electron chi connectivity index (χ0n) is 12.4. The minimum Gasteiger partial charge on any atom is -0.324 e. The second-order valence-corrected chi connectivity index (χ2v) is 7.53. The summed E-state index contributed by atoms with van der Waals surface area (Å²) in [6.45, 7) is 8.41. The van der Waals surface area contributed by atoms with Crippen LogP contribution in [0.3, 0.4) is 0 Å². The molecule has 0 fully saturated rings. The van der Waals surface area contributed by atoms with Crippen molar-refractivity contribution in [1.29, 1.82) is 0 Å². The predicted octanol–water partition coefficient (Wildman–Crippen LogP) is 4.58. The molecule has 0 amide bonds. The van der Waals surface area contributed by atoms with E-state index in [9.17, 15) is 14.4 Å². The molecule has 3 atom stereocenters. The van der Waals surface area contributed by atoms with Crippen molar-refractivity contribution in [3.63, 3.8) is 0 Å². The zero-order chi connectivity index (χ0) is 14.2. The van der Waals surface area contributed by atoms with E-state index in [0.717, 1.165) is 25.2 Å². The third-order valence-electron chi connectivity index (χ3n) is 4.13. The van der Waals surface area contributed by atoms with E-state index < -0.39 is 13.3 Å². The maximum Gasteiger partial charge on any atom is 0.328 e. The molecule has 0 rings (SSSR count). The van der Waals surface area contributed by atoms with Crippen molar-refractivity contribution >= 4 is 7.60 Å². The van der Waals surface area contributed by atoms with Gasteiger partial charge in [-0.3, -0.25) is 4.57 Å². The van der Waals surface area contributed by atoms with E-state index in [1.807, 2.05) is 13.8 Å². The fourth-order valence-corrected chi connectivity index (χ4v) is 3.68. The number of hydrogen-bond donors (Lipinski definition) is 2. The lowest BCUT2D eigenvalue weighted by molar-refractivity contribution is 0.325. The van der Waals surface area contributed by atoms with Crippen LogP contribution < -0.4 is 0 Å². The Morgan fingerprint density at radius 1 is 0.944 bits per heavy atom. The van der Waals surface area contributed by atoms with Gasteiger partial charge >= 0.3 is 7.60 Å². The number of unbranched alkanes of at least 4 members (excludes halogenated alkanes) is 2. The van der Waals surface area contributed by atoms with Crippen LogP contribution in [0.1, 0.15) is 72.6 Å². The molecule has 0 aliphatic heterocycles. The summed E-state index contributed by atoms with van der Waals surface area (Å²) in [7, 11) is -3.92. The number of rotatable bonds is 10. The lowest BCUT2D eigenvalue weighted by Crippen LogP contribution is -2.18. The molecular formula is C14H31O3P. The fourth-order valence-electron chi connectivity index (χ4n) is 2.28. The standard InChI is InChI=1S/C14H31O3P/c1-5-12(3)10-8-7-9-11-14(13(4)6-2)18(15,16)17/h12-14H,5-11H2,1-4H3,(H2,15,16,17). The topological polar surface area (TPSA) is 57.5 Å². The highest BCUT2D eigenvalue weighted by atomic mass is 31.2. The first-order chi connectivity index (χ1) is 8.32. The summed E-state index contributed by atoms with van der Waals surface area (Å²) in [4.78, 5) is 18.7. The molecule has 0 aromatic rings. The summed E-state index contributed by atoms with van der Waals surface area (Å²) in [5, 5.41) is 0. The van der Waals surface area contributed by atoms with Gasteiger partial charge in [-0.1, -0.05) is 66.2 Å². The van der Waals surface area contributed by atoms with E-state index in [1.54, 1.807) is 0 Å². The third-order valence-corrected chi connectivity index (χ3v) is 5.76. The van der Waals surface area contributed by atoms with Crippen LogP contribution in [0, 0.1) is 11.8 Å². The van der Waals surface area contributed by atoms with Crippen LogP contribution in [-0.4, -0.2) is 15.4 Å². The van der Waals surface area contributed by atoms with Gasteiger partial charge in [-0.25, -0.2) is 0 Å². The van der Waals surface area contributed by atoms with Crippen molar-refractivity contribution in [2.24, 2.45) is 11.8 Å². The highest BCUT2D eigenvalue weighted by Crippen LogP contribution is 2.48. The Balaban J connectivity index is 3.95. The molecule has 0 heterocycles. The van der Waals surface area contributed by atoms with E-state index in [-0.39, 0.29) is 5.92 Å². The van der Waals surface area contributed by atoms with Crippen LogP contribution >= 0.6 is 7.60 Å². The summed E-state index contributed by atoms with van der Waals surface area (Å²) in [6, 6.07) is 0. The monoisotopic (exact) mass is 278 g/mol. The van der Waals surface area contributed by atoms with E-state index >= 15 is 0 Å². The van der Waals surface area contributed by atoms with Gasteiger partial charge in [0.05, 0.1) is 5.66 Å². The van der Waals surface area contributed by atoms with Crippen molar-refractivity contribution in [3.05, 3.63) is 0 Å². The van der Waals surface area contributed by atoms with Crippen LogP contribution in [0.2, 0.25) is 0 Å².